The van der Waals surface area contributed by atoms with Crippen molar-refractivity contribution in [2.45, 2.75) is 102 Å². The molecular formula is C25H39N. The van der Waals surface area contributed by atoms with Crippen LogP contribution >= 0.6 is 0 Å². The van der Waals surface area contributed by atoms with Crippen LogP contribution in [0.5, 0.6) is 0 Å². The zero-order chi connectivity index (χ0) is 17.3. The predicted molar refractivity (Wildman–Crippen MR) is 108 cm³/mol. The molecule has 0 radical (unpaired) electrons. The second kappa shape index (κ2) is 6.10. The summed E-state index contributed by atoms with van der Waals surface area (Å²) in [6.45, 7) is 0. The third-order valence-corrected chi connectivity index (χ3v) is 10.4. The lowest BCUT2D eigenvalue weighted by Crippen LogP contribution is -2.46. The molecule has 0 amide bonds. The van der Waals surface area contributed by atoms with Crippen molar-refractivity contribution in [2.75, 3.05) is 0 Å². The number of nitrogens with two attached hydrogens (primary N) is 1. The van der Waals surface area contributed by atoms with Crippen LogP contribution in [0.25, 0.3) is 0 Å². The summed E-state index contributed by atoms with van der Waals surface area (Å²) in [5.74, 6) is 6.15. The molecular weight excluding hydrogens is 314 g/mol. The van der Waals surface area contributed by atoms with E-state index >= 15 is 0 Å². The summed E-state index contributed by atoms with van der Waals surface area (Å²) < 4.78 is 0. The second-order valence-corrected chi connectivity index (χ2v) is 11.0. The van der Waals surface area contributed by atoms with E-state index in [1.165, 1.54) is 77.0 Å². The summed E-state index contributed by atoms with van der Waals surface area (Å²) in [6.07, 6.45) is 22.4. The average molecular weight is 354 g/mol. The van der Waals surface area contributed by atoms with E-state index in [1.54, 1.807) is 19.3 Å². The van der Waals surface area contributed by atoms with Crippen LogP contribution in [0.4, 0.5) is 0 Å². The maximum absolute atomic E-state index is 6.65. The van der Waals surface area contributed by atoms with Crippen molar-refractivity contribution in [3.63, 3.8) is 0 Å². The Morgan fingerprint density at radius 1 is 0.654 bits per heavy atom. The SMILES string of the molecule is NC1CCC2C3CCCCC3C3(C4=C(CCCC4)C4CCCCC43)C2C1. The van der Waals surface area contributed by atoms with E-state index in [9.17, 15) is 0 Å². The summed E-state index contributed by atoms with van der Waals surface area (Å²) in [6, 6.07) is 0.503. The molecule has 26 heavy (non-hydrogen) atoms. The van der Waals surface area contributed by atoms with Crippen LogP contribution in [0.3, 0.4) is 0 Å². The molecule has 4 saturated carbocycles. The van der Waals surface area contributed by atoms with E-state index in [-0.39, 0.29) is 0 Å². The minimum atomic E-state index is 0.503. The van der Waals surface area contributed by atoms with E-state index in [0.29, 0.717) is 11.5 Å². The van der Waals surface area contributed by atoms with Crippen molar-refractivity contribution in [1.82, 2.24) is 0 Å². The Kier molecular flexibility index (Phi) is 3.90. The molecule has 6 rings (SSSR count). The van der Waals surface area contributed by atoms with Crippen molar-refractivity contribution in [2.24, 2.45) is 46.7 Å². The van der Waals surface area contributed by atoms with Gasteiger partial charge in [0, 0.05) is 11.5 Å². The first kappa shape index (κ1) is 16.6. The highest BCUT2D eigenvalue weighted by molar-refractivity contribution is 5.40. The van der Waals surface area contributed by atoms with E-state index < -0.39 is 0 Å². The summed E-state index contributed by atoms with van der Waals surface area (Å²) in [5.41, 5.74) is 11.4. The summed E-state index contributed by atoms with van der Waals surface area (Å²) >= 11 is 0. The molecule has 0 aromatic heterocycles. The van der Waals surface area contributed by atoms with Crippen molar-refractivity contribution in [3.8, 4) is 0 Å². The topological polar surface area (TPSA) is 26.0 Å². The molecule has 2 N–H and O–H groups in total. The number of hydrogen-bond acceptors (Lipinski definition) is 1. The minimum absolute atomic E-state index is 0.503. The van der Waals surface area contributed by atoms with Crippen molar-refractivity contribution in [3.05, 3.63) is 11.1 Å². The Morgan fingerprint density at radius 2 is 1.38 bits per heavy atom. The summed E-state index contributed by atoms with van der Waals surface area (Å²) in [7, 11) is 0. The van der Waals surface area contributed by atoms with Crippen LogP contribution < -0.4 is 5.73 Å². The van der Waals surface area contributed by atoms with Crippen molar-refractivity contribution < 1.29 is 0 Å². The third-order valence-electron chi connectivity index (χ3n) is 10.4. The largest absolute Gasteiger partial charge is 0.328 e. The Bertz CT molecular complexity index is 605. The molecule has 6 aliphatic carbocycles. The first-order valence-electron chi connectivity index (χ1n) is 12.3. The molecule has 1 heteroatoms. The van der Waals surface area contributed by atoms with Gasteiger partial charge >= 0.3 is 0 Å². The fourth-order valence-corrected chi connectivity index (χ4v) is 10.0. The van der Waals surface area contributed by atoms with Gasteiger partial charge in [-0.3, -0.25) is 0 Å². The van der Waals surface area contributed by atoms with Gasteiger partial charge < -0.3 is 5.73 Å². The molecule has 0 aliphatic heterocycles. The molecule has 6 aliphatic rings. The standard InChI is InChI=1S/C25H39N/c26-16-13-14-20-19-9-3-6-12-23(19)25(24(20)15-16)21-10-4-1-7-17(21)18-8-2-5-11-22(18)25/h16-17,19-21,23-24H,1-15,26H2. The third kappa shape index (κ3) is 2.02. The van der Waals surface area contributed by atoms with Crippen LogP contribution in [0.1, 0.15) is 96.3 Å². The van der Waals surface area contributed by atoms with E-state index in [4.69, 9.17) is 5.73 Å². The Hall–Kier alpha value is -0.300. The fraction of sp³-hybridized carbons (Fsp3) is 0.920. The van der Waals surface area contributed by atoms with Gasteiger partial charge in [0.1, 0.15) is 0 Å². The van der Waals surface area contributed by atoms with Gasteiger partial charge in [-0.1, -0.05) is 36.8 Å². The lowest BCUT2D eigenvalue weighted by atomic mass is 9.54. The zero-order valence-electron chi connectivity index (χ0n) is 16.7. The molecule has 8 atom stereocenters. The van der Waals surface area contributed by atoms with Crippen LogP contribution in [0, 0.1) is 40.9 Å². The molecule has 0 bridgehead atoms. The van der Waals surface area contributed by atoms with Gasteiger partial charge in [-0.2, -0.15) is 0 Å². The van der Waals surface area contributed by atoms with Crippen molar-refractivity contribution >= 4 is 0 Å². The van der Waals surface area contributed by atoms with Crippen LogP contribution in [0.15, 0.2) is 11.1 Å². The van der Waals surface area contributed by atoms with Crippen LogP contribution in [-0.4, -0.2) is 6.04 Å². The molecule has 0 aromatic carbocycles. The Labute approximate surface area is 160 Å². The second-order valence-electron chi connectivity index (χ2n) is 11.0. The van der Waals surface area contributed by atoms with E-state index in [2.05, 4.69) is 5.57 Å². The molecule has 1 spiro atoms. The molecule has 0 aromatic rings. The Morgan fingerprint density at radius 3 is 2.31 bits per heavy atom. The summed E-state index contributed by atoms with van der Waals surface area (Å²) in [5, 5.41) is 0. The maximum atomic E-state index is 6.65. The quantitative estimate of drug-likeness (QED) is 0.513. The minimum Gasteiger partial charge on any atom is -0.328 e. The molecule has 8 unspecified atom stereocenters. The fourth-order valence-electron chi connectivity index (χ4n) is 10.0. The highest BCUT2D eigenvalue weighted by Crippen LogP contribution is 2.75. The highest BCUT2D eigenvalue weighted by atomic mass is 14.8. The predicted octanol–water partition coefficient (Wildman–Crippen LogP) is 6.23. The average Bonchev–Trinajstić information content (AvgIpc) is 3.15. The summed E-state index contributed by atoms with van der Waals surface area (Å²) in [4.78, 5) is 0. The van der Waals surface area contributed by atoms with Crippen LogP contribution in [-0.2, 0) is 0 Å². The van der Waals surface area contributed by atoms with Gasteiger partial charge in [0.25, 0.3) is 0 Å². The highest BCUT2D eigenvalue weighted by Gasteiger charge is 2.68. The van der Waals surface area contributed by atoms with E-state index in [1.807, 2.05) is 5.57 Å². The smallest absolute Gasteiger partial charge is 0.00419 e. The first-order chi connectivity index (χ1) is 12.8. The maximum Gasteiger partial charge on any atom is 0.00419 e. The number of rotatable bonds is 0. The molecule has 144 valence electrons. The zero-order valence-corrected chi connectivity index (χ0v) is 16.7. The first-order valence-corrected chi connectivity index (χ1v) is 12.3. The normalized spacial score (nSPS) is 53.2. The van der Waals surface area contributed by atoms with Gasteiger partial charge in [-0.15, -0.1) is 0 Å². The van der Waals surface area contributed by atoms with Gasteiger partial charge in [0.05, 0.1) is 0 Å². The lowest BCUT2D eigenvalue weighted by Gasteiger charge is -2.50. The van der Waals surface area contributed by atoms with Gasteiger partial charge in [-0.05, 0) is 106 Å². The van der Waals surface area contributed by atoms with Gasteiger partial charge in [-0.25, -0.2) is 0 Å². The lowest BCUT2D eigenvalue weighted by molar-refractivity contribution is 0.0213. The van der Waals surface area contributed by atoms with E-state index in [0.717, 1.165) is 35.5 Å². The molecule has 1 nitrogen and oxygen atoms in total. The van der Waals surface area contributed by atoms with Crippen LogP contribution in [0.2, 0.25) is 0 Å². The molecule has 4 fully saturated rings. The molecule has 0 heterocycles. The number of allylic oxidation sites excluding steroid dienone is 2. The van der Waals surface area contributed by atoms with Crippen molar-refractivity contribution in [1.29, 1.82) is 0 Å². The number of hydrogen-bond donors (Lipinski definition) is 1. The monoisotopic (exact) mass is 353 g/mol. The number of fused-ring (bicyclic) bond motifs is 9. The Balaban J connectivity index is 1.53. The van der Waals surface area contributed by atoms with Gasteiger partial charge in [0.2, 0.25) is 0 Å². The van der Waals surface area contributed by atoms with Gasteiger partial charge in [0.15, 0.2) is 0 Å². The molecule has 0 saturated heterocycles.